The summed E-state index contributed by atoms with van der Waals surface area (Å²) in [4.78, 5) is 11.1. The number of hydrogen-bond acceptors (Lipinski definition) is 2. The van der Waals surface area contributed by atoms with Crippen molar-refractivity contribution in [1.82, 2.24) is 0 Å². The molecule has 1 aliphatic carbocycles. The van der Waals surface area contributed by atoms with Crippen molar-refractivity contribution in [2.24, 2.45) is 0 Å². The lowest BCUT2D eigenvalue weighted by Crippen LogP contribution is -2.31. The molecule has 0 unspecified atom stereocenters. The van der Waals surface area contributed by atoms with Crippen molar-refractivity contribution in [3.63, 3.8) is 0 Å². The first-order valence-electron chi connectivity index (χ1n) is 8.17. The monoisotopic (exact) mass is 310 g/mol. The second-order valence-electron chi connectivity index (χ2n) is 6.31. The van der Waals surface area contributed by atoms with Crippen LogP contribution in [0.3, 0.4) is 0 Å². The molecule has 0 aliphatic heterocycles. The molecule has 2 aromatic carbocycles. The van der Waals surface area contributed by atoms with E-state index in [0.29, 0.717) is 6.61 Å². The molecule has 3 nitrogen and oxygen atoms in total. The van der Waals surface area contributed by atoms with Crippen LogP contribution in [-0.2, 0) is 16.1 Å². The second-order valence-corrected chi connectivity index (χ2v) is 6.31. The van der Waals surface area contributed by atoms with Crippen LogP contribution in [0.1, 0.15) is 37.7 Å². The van der Waals surface area contributed by atoms with Gasteiger partial charge >= 0.3 is 5.97 Å². The molecule has 0 bridgehead atoms. The van der Waals surface area contributed by atoms with Crippen molar-refractivity contribution in [2.75, 3.05) is 0 Å². The maximum absolute atomic E-state index is 11.1. The summed E-state index contributed by atoms with van der Waals surface area (Å²) < 4.78 is 6.05. The first kappa shape index (κ1) is 15.8. The maximum Gasteiger partial charge on any atom is 0.306 e. The average molecular weight is 310 g/mol. The van der Waals surface area contributed by atoms with Gasteiger partial charge < -0.3 is 9.84 Å². The van der Waals surface area contributed by atoms with Gasteiger partial charge in [-0.25, -0.2) is 0 Å². The van der Waals surface area contributed by atoms with Crippen molar-refractivity contribution in [3.05, 3.63) is 60.2 Å². The Morgan fingerprint density at radius 2 is 1.57 bits per heavy atom. The first-order chi connectivity index (χ1) is 11.2. The minimum atomic E-state index is -0.772. The highest BCUT2D eigenvalue weighted by Crippen LogP contribution is 2.37. The van der Waals surface area contributed by atoms with Crippen molar-refractivity contribution in [3.8, 4) is 11.1 Å². The lowest BCUT2D eigenvalue weighted by Gasteiger charge is -2.27. The fourth-order valence-electron chi connectivity index (χ4n) is 3.33. The number of carboxylic acid groups (broad SMARTS) is 1. The third-order valence-electron chi connectivity index (χ3n) is 4.59. The summed E-state index contributed by atoms with van der Waals surface area (Å²) in [7, 11) is 0. The SMILES string of the molecule is O=C(O)CC1(OCc2ccc(-c3ccccc3)cc2)CCCC1. The van der Waals surface area contributed by atoms with Crippen molar-refractivity contribution < 1.29 is 14.6 Å². The van der Waals surface area contributed by atoms with E-state index in [9.17, 15) is 4.79 Å². The minimum Gasteiger partial charge on any atom is -0.481 e. The van der Waals surface area contributed by atoms with Gasteiger partial charge in [-0.05, 0) is 29.5 Å². The largest absolute Gasteiger partial charge is 0.481 e. The van der Waals surface area contributed by atoms with E-state index < -0.39 is 11.6 Å². The van der Waals surface area contributed by atoms with Gasteiger partial charge in [0.05, 0.1) is 18.6 Å². The molecule has 0 atom stereocenters. The molecule has 1 aliphatic rings. The van der Waals surface area contributed by atoms with E-state index in [4.69, 9.17) is 9.84 Å². The molecule has 0 aromatic heterocycles. The zero-order valence-corrected chi connectivity index (χ0v) is 13.2. The summed E-state index contributed by atoms with van der Waals surface area (Å²) >= 11 is 0. The van der Waals surface area contributed by atoms with Gasteiger partial charge in [-0.2, -0.15) is 0 Å². The molecule has 0 amide bonds. The molecule has 120 valence electrons. The Hall–Kier alpha value is -2.13. The van der Waals surface area contributed by atoms with E-state index in [1.807, 2.05) is 18.2 Å². The van der Waals surface area contributed by atoms with Crippen molar-refractivity contribution >= 4 is 5.97 Å². The summed E-state index contributed by atoms with van der Waals surface area (Å²) in [5.74, 6) is -0.772. The molecule has 3 rings (SSSR count). The Bertz CT molecular complexity index is 640. The molecule has 23 heavy (non-hydrogen) atoms. The van der Waals surface area contributed by atoms with E-state index in [0.717, 1.165) is 31.2 Å². The molecule has 1 fully saturated rings. The molecule has 1 saturated carbocycles. The molecule has 0 radical (unpaired) electrons. The number of ether oxygens (including phenoxy) is 1. The Balaban J connectivity index is 1.65. The standard InChI is InChI=1S/C20H22O3/c21-19(22)14-20(12-4-5-13-20)23-15-16-8-10-18(11-9-16)17-6-2-1-3-7-17/h1-3,6-11H,4-5,12-15H2,(H,21,22). The summed E-state index contributed by atoms with van der Waals surface area (Å²) in [6.45, 7) is 0.475. The topological polar surface area (TPSA) is 46.5 Å². The number of carbonyl (C=O) groups is 1. The van der Waals surface area contributed by atoms with Crippen LogP contribution in [-0.4, -0.2) is 16.7 Å². The predicted molar refractivity (Wildman–Crippen MR) is 90.1 cm³/mol. The smallest absolute Gasteiger partial charge is 0.306 e. The Kier molecular flexibility index (Phi) is 4.77. The van der Waals surface area contributed by atoms with Gasteiger partial charge in [0, 0.05) is 0 Å². The lowest BCUT2D eigenvalue weighted by molar-refractivity contribution is -0.146. The fraction of sp³-hybridized carbons (Fsp3) is 0.350. The quantitative estimate of drug-likeness (QED) is 0.844. The summed E-state index contributed by atoms with van der Waals surface area (Å²) in [6, 6.07) is 18.5. The molecule has 2 aromatic rings. The van der Waals surface area contributed by atoms with E-state index in [1.165, 1.54) is 11.1 Å². The van der Waals surface area contributed by atoms with Gasteiger partial charge in [-0.1, -0.05) is 67.4 Å². The van der Waals surface area contributed by atoms with E-state index in [1.54, 1.807) is 0 Å². The molecule has 0 heterocycles. The molecule has 0 saturated heterocycles. The van der Waals surface area contributed by atoms with Crippen LogP contribution in [0.15, 0.2) is 54.6 Å². The second kappa shape index (κ2) is 6.97. The third kappa shape index (κ3) is 3.99. The summed E-state index contributed by atoms with van der Waals surface area (Å²) in [6.07, 6.45) is 3.92. The van der Waals surface area contributed by atoms with Gasteiger partial charge in [0.2, 0.25) is 0 Å². The van der Waals surface area contributed by atoms with Crippen LogP contribution in [0.5, 0.6) is 0 Å². The number of carboxylic acids is 1. The van der Waals surface area contributed by atoms with Crippen molar-refractivity contribution in [2.45, 2.75) is 44.3 Å². The van der Waals surface area contributed by atoms with Crippen LogP contribution in [0.4, 0.5) is 0 Å². The number of rotatable bonds is 6. The molecular formula is C20H22O3. The fourth-order valence-corrected chi connectivity index (χ4v) is 3.33. The van der Waals surface area contributed by atoms with Gasteiger partial charge in [-0.3, -0.25) is 4.79 Å². The van der Waals surface area contributed by atoms with Gasteiger partial charge in [-0.15, -0.1) is 0 Å². The van der Waals surface area contributed by atoms with Gasteiger partial charge in [0.15, 0.2) is 0 Å². The van der Waals surface area contributed by atoms with E-state index >= 15 is 0 Å². The predicted octanol–water partition coefficient (Wildman–Crippen LogP) is 4.66. The molecule has 0 spiro atoms. The highest BCUT2D eigenvalue weighted by atomic mass is 16.5. The third-order valence-corrected chi connectivity index (χ3v) is 4.59. The van der Waals surface area contributed by atoms with Crippen LogP contribution in [0, 0.1) is 0 Å². The Morgan fingerprint density at radius 1 is 0.957 bits per heavy atom. The van der Waals surface area contributed by atoms with Gasteiger partial charge in [0.25, 0.3) is 0 Å². The Labute approximate surface area is 136 Å². The Morgan fingerprint density at radius 3 is 2.17 bits per heavy atom. The van der Waals surface area contributed by atoms with Crippen LogP contribution in [0.2, 0.25) is 0 Å². The lowest BCUT2D eigenvalue weighted by atomic mass is 9.97. The minimum absolute atomic E-state index is 0.106. The molecule has 1 N–H and O–H groups in total. The number of hydrogen-bond donors (Lipinski definition) is 1. The zero-order chi connectivity index (χ0) is 16.1. The van der Waals surface area contributed by atoms with Crippen LogP contribution in [0.25, 0.3) is 11.1 Å². The summed E-state index contributed by atoms with van der Waals surface area (Å²) in [5.41, 5.74) is 2.99. The van der Waals surface area contributed by atoms with Crippen LogP contribution >= 0.6 is 0 Å². The molecule has 3 heteroatoms. The normalized spacial score (nSPS) is 16.3. The first-order valence-corrected chi connectivity index (χ1v) is 8.17. The van der Waals surface area contributed by atoms with E-state index in [-0.39, 0.29) is 6.42 Å². The van der Waals surface area contributed by atoms with Crippen LogP contribution < -0.4 is 0 Å². The highest BCUT2D eigenvalue weighted by Gasteiger charge is 2.37. The summed E-state index contributed by atoms with van der Waals surface area (Å²) in [5, 5.41) is 9.12. The average Bonchev–Trinajstić information content (AvgIpc) is 3.02. The number of benzene rings is 2. The number of aliphatic carboxylic acids is 1. The molecular weight excluding hydrogens is 288 g/mol. The van der Waals surface area contributed by atoms with E-state index in [2.05, 4.69) is 36.4 Å². The maximum atomic E-state index is 11.1. The van der Waals surface area contributed by atoms with Crippen molar-refractivity contribution in [1.29, 1.82) is 0 Å². The van der Waals surface area contributed by atoms with Gasteiger partial charge in [0.1, 0.15) is 0 Å². The zero-order valence-electron chi connectivity index (χ0n) is 13.2. The highest BCUT2D eigenvalue weighted by molar-refractivity contribution is 5.68.